The molecule has 0 spiro atoms. The number of carbonyl (C=O) groups excluding carboxylic acids is 6. The van der Waals surface area contributed by atoms with Gasteiger partial charge in [-0.25, -0.2) is 0 Å². The Morgan fingerprint density at radius 2 is 1.32 bits per heavy atom. The third-order valence-corrected chi connectivity index (χ3v) is 14.3. The molecule has 19 nitrogen and oxygen atoms in total. The number of ketones is 3. The summed E-state index contributed by atoms with van der Waals surface area (Å²) in [6.45, 7) is 16.0. The van der Waals surface area contributed by atoms with Gasteiger partial charge < -0.3 is 48.3 Å². The van der Waals surface area contributed by atoms with Crippen molar-refractivity contribution in [2.24, 2.45) is 30.7 Å². The summed E-state index contributed by atoms with van der Waals surface area (Å²) in [4.78, 5) is 84.1. The van der Waals surface area contributed by atoms with Crippen LogP contribution in [0.4, 0.5) is 0 Å². The monoisotopic (exact) mass is 1110 g/mol. The Kier molecular flexibility index (Phi) is 24.9. The van der Waals surface area contributed by atoms with Gasteiger partial charge in [-0.05, 0) is 80.2 Å². The molecular formula is C61H85N6O13+. The molecule has 2 aliphatic heterocycles. The number of aromatic nitrogens is 3. The SMILES string of the molecule is CC(=O)Oc1ccc(C[N+]2(CC(=O)C[C@@H](CCc3ccccc3)C(=O)N[C@@H](CC(C)C)C(=O)C[C@@H](Cc3ccccc3)C(=O)N[C@@H](CC(C)C)C(=O)[C@@]3(C)CO3)CCOCC2)cc1OCCOCCOCCOCc1cn(C)nn1. The number of amides is 2. The minimum Gasteiger partial charge on any atom is -0.487 e. The van der Waals surface area contributed by atoms with Crippen molar-refractivity contribution in [2.45, 2.75) is 117 Å². The van der Waals surface area contributed by atoms with Crippen LogP contribution < -0.4 is 20.1 Å². The topological polar surface area (TPSA) is 225 Å². The lowest BCUT2D eigenvalue weighted by Gasteiger charge is -2.41. The van der Waals surface area contributed by atoms with Crippen molar-refractivity contribution in [3.8, 4) is 11.5 Å². The number of carbonyl (C=O) groups is 6. The summed E-state index contributed by atoms with van der Waals surface area (Å²) in [5.41, 5.74) is 2.52. The molecule has 0 radical (unpaired) electrons. The normalized spacial score (nSPS) is 17.3. The van der Waals surface area contributed by atoms with Crippen LogP contribution in [-0.2, 0) is 85.5 Å². The van der Waals surface area contributed by atoms with Crippen molar-refractivity contribution in [1.29, 1.82) is 0 Å². The summed E-state index contributed by atoms with van der Waals surface area (Å²) in [6, 6.07) is 22.9. The second-order valence-electron chi connectivity index (χ2n) is 22.4. The second-order valence-corrected chi connectivity index (χ2v) is 22.4. The van der Waals surface area contributed by atoms with Crippen molar-refractivity contribution in [3.63, 3.8) is 0 Å². The molecule has 2 aliphatic rings. The Morgan fingerprint density at radius 1 is 0.725 bits per heavy atom. The fraction of sp³-hybridized carbons (Fsp3) is 0.574. The lowest BCUT2D eigenvalue weighted by Crippen LogP contribution is -2.57. The highest BCUT2D eigenvalue weighted by molar-refractivity contribution is 5.98. The van der Waals surface area contributed by atoms with Gasteiger partial charge in [0.1, 0.15) is 44.1 Å². The largest absolute Gasteiger partial charge is 0.487 e. The molecule has 19 heteroatoms. The van der Waals surface area contributed by atoms with Crippen LogP contribution in [0.25, 0.3) is 0 Å². The highest BCUT2D eigenvalue weighted by atomic mass is 16.6. The summed E-state index contributed by atoms with van der Waals surface area (Å²) in [6.07, 6.45) is 3.43. The molecule has 4 aromatic rings. The number of nitrogens with one attached hydrogen (secondary N) is 2. The molecule has 6 rings (SSSR count). The van der Waals surface area contributed by atoms with E-state index < -0.39 is 47.3 Å². The summed E-state index contributed by atoms with van der Waals surface area (Å²) >= 11 is 0. The van der Waals surface area contributed by atoms with E-state index in [1.807, 2.05) is 100 Å². The van der Waals surface area contributed by atoms with Gasteiger partial charge in [-0.1, -0.05) is 93.6 Å². The van der Waals surface area contributed by atoms with E-state index in [0.717, 1.165) is 22.4 Å². The number of Topliss-reactive ketones (excluding diaryl/α,β-unsaturated/α-hetero) is 3. The molecule has 0 aliphatic carbocycles. The maximum absolute atomic E-state index is 14.7. The lowest BCUT2D eigenvalue weighted by atomic mass is 9.87. The maximum atomic E-state index is 14.7. The fourth-order valence-electron chi connectivity index (χ4n) is 9.99. The quantitative estimate of drug-likeness (QED) is 0.0170. The van der Waals surface area contributed by atoms with Gasteiger partial charge in [-0.3, -0.25) is 33.4 Å². The maximum Gasteiger partial charge on any atom is 0.308 e. The Bertz CT molecular complexity index is 2600. The van der Waals surface area contributed by atoms with Gasteiger partial charge in [0.2, 0.25) is 11.8 Å². The van der Waals surface area contributed by atoms with Gasteiger partial charge in [-0.2, -0.15) is 0 Å². The minimum atomic E-state index is -0.946. The highest BCUT2D eigenvalue weighted by Gasteiger charge is 2.50. The molecular weight excluding hydrogens is 1020 g/mol. The first-order valence-corrected chi connectivity index (χ1v) is 28.3. The fourth-order valence-corrected chi connectivity index (χ4v) is 9.99. The first kappa shape index (κ1) is 63.0. The number of hydrogen-bond donors (Lipinski definition) is 2. The van der Waals surface area contributed by atoms with Crippen LogP contribution in [0.2, 0.25) is 0 Å². The van der Waals surface area contributed by atoms with Gasteiger partial charge in [0, 0.05) is 44.2 Å². The zero-order valence-corrected chi connectivity index (χ0v) is 48.0. The van der Waals surface area contributed by atoms with E-state index in [1.165, 1.54) is 6.92 Å². The van der Waals surface area contributed by atoms with Crippen LogP contribution in [0.15, 0.2) is 85.1 Å². The van der Waals surface area contributed by atoms with Gasteiger partial charge in [-0.15, -0.1) is 5.10 Å². The highest BCUT2D eigenvalue weighted by Crippen LogP contribution is 2.32. The molecule has 2 saturated heterocycles. The molecule has 5 atom stereocenters. The Balaban J connectivity index is 1.11. The van der Waals surface area contributed by atoms with E-state index in [9.17, 15) is 28.8 Å². The molecule has 2 amide bonds. The number of quaternary nitrogens is 1. The van der Waals surface area contributed by atoms with Crippen LogP contribution in [0.1, 0.15) is 96.0 Å². The summed E-state index contributed by atoms with van der Waals surface area (Å²) in [5.74, 6) is -2.79. The molecule has 80 heavy (non-hydrogen) atoms. The molecule has 0 unspecified atom stereocenters. The van der Waals surface area contributed by atoms with Crippen LogP contribution in [0, 0.1) is 23.7 Å². The summed E-state index contributed by atoms with van der Waals surface area (Å²) in [5, 5.41) is 14.0. The Hall–Kier alpha value is -6.22. The molecule has 1 aromatic heterocycles. The molecule has 3 aromatic carbocycles. The van der Waals surface area contributed by atoms with Crippen molar-refractivity contribution >= 4 is 35.1 Å². The van der Waals surface area contributed by atoms with Crippen LogP contribution in [0.3, 0.4) is 0 Å². The van der Waals surface area contributed by atoms with E-state index in [0.29, 0.717) is 108 Å². The van der Waals surface area contributed by atoms with Crippen molar-refractivity contribution in [2.75, 3.05) is 79.1 Å². The van der Waals surface area contributed by atoms with Crippen LogP contribution >= 0.6 is 0 Å². The standard InChI is InChI=1S/C61H84N6O13/c1-43(2)32-53(55(70)37-50(34-47-16-12-9-13-17-47)60(73)63-54(33-44(3)4)58(71)61(6)42-79-61)62-59(72)49(20-18-46-14-10-8-11-15-46)36-52(69)40-67(22-24-74-25-23-67)39-48-19-21-56(80-45(5)68)57(35-48)78-31-30-76-27-26-75-28-29-77-41-51-38-66(7)65-64-51/h8-17,19,21,35,38,43-44,49-50,53-54H,18,20,22-34,36-37,39-42H2,1-7H3,(H-,62,63,72,73)/p+1/t49-,50-,53+,54+,61-/m1/s1. The van der Waals surface area contributed by atoms with Crippen molar-refractivity contribution in [3.05, 3.63) is 107 Å². The minimum absolute atomic E-state index is 0.000316. The molecule has 0 bridgehead atoms. The van der Waals surface area contributed by atoms with E-state index >= 15 is 0 Å². The predicted octanol–water partition coefficient (Wildman–Crippen LogP) is 6.16. The van der Waals surface area contributed by atoms with Gasteiger partial charge in [0.15, 0.2) is 28.8 Å². The smallest absolute Gasteiger partial charge is 0.308 e. The first-order chi connectivity index (χ1) is 38.4. The van der Waals surface area contributed by atoms with Gasteiger partial charge in [0.05, 0.1) is 77.7 Å². The second kappa shape index (κ2) is 31.7. The first-order valence-electron chi connectivity index (χ1n) is 28.3. The number of nitrogens with zero attached hydrogens (tertiary/aromatic N) is 4. The Morgan fingerprint density at radius 3 is 1.94 bits per heavy atom. The number of rotatable bonds is 37. The number of epoxide rings is 1. The number of morpholine rings is 1. The van der Waals surface area contributed by atoms with E-state index in [2.05, 4.69) is 20.9 Å². The molecule has 2 fully saturated rings. The zero-order chi connectivity index (χ0) is 57.5. The van der Waals surface area contributed by atoms with Crippen LogP contribution in [-0.4, -0.2) is 151 Å². The Labute approximate surface area is 471 Å². The number of benzene rings is 3. The molecule has 3 heterocycles. The van der Waals surface area contributed by atoms with Gasteiger partial charge in [0.25, 0.3) is 0 Å². The number of aryl methyl sites for hydroxylation is 2. The summed E-state index contributed by atoms with van der Waals surface area (Å²) < 4.78 is 41.9. The molecule has 2 N–H and O–H groups in total. The number of esters is 1. The number of ether oxygens (including phenoxy) is 7. The van der Waals surface area contributed by atoms with E-state index in [1.54, 1.807) is 30.9 Å². The van der Waals surface area contributed by atoms with E-state index in [-0.39, 0.29) is 74.0 Å². The molecule has 436 valence electrons. The van der Waals surface area contributed by atoms with Gasteiger partial charge >= 0.3 is 5.97 Å². The van der Waals surface area contributed by atoms with E-state index in [4.69, 9.17) is 33.2 Å². The number of hydrogen-bond acceptors (Lipinski definition) is 15. The van der Waals surface area contributed by atoms with Crippen molar-refractivity contribution in [1.82, 2.24) is 25.6 Å². The predicted molar refractivity (Wildman–Crippen MR) is 298 cm³/mol. The average Bonchev–Trinajstić information content (AvgIpc) is 4.04. The van der Waals surface area contributed by atoms with Crippen LogP contribution in [0.5, 0.6) is 11.5 Å². The summed E-state index contributed by atoms with van der Waals surface area (Å²) in [7, 11) is 1.79. The van der Waals surface area contributed by atoms with Crippen molar-refractivity contribution < 1.29 is 66.4 Å². The zero-order valence-electron chi connectivity index (χ0n) is 48.0. The average molecular weight is 1110 g/mol. The lowest BCUT2D eigenvalue weighted by molar-refractivity contribution is -0.940. The molecule has 0 saturated carbocycles. The third kappa shape index (κ3) is 21.4. The third-order valence-electron chi connectivity index (χ3n) is 14.3.